The van der Waals surface area contributed by atoms with Crippen LogP contribution in [-0.2, 0) is 0 Å². The number of hydrogen-bond donors (Lipinski definition) is 2. The van der Waals surface area contributed by atoms with E-state index in [4.69, 9.17) is 4.74 Å². The lowest BCUT2D eigenvalue weighted by Gasteiger charge is -2.28. The monoisotopic (exact) mass is 382 g/mol. The van der Waals surface area contributed by atoms with Gasteiger partial charge in [0.1, 0.15) is 11.8 Å². The van der Waals surface area contributed by atoms with E-state index in [-0.39, 0.29) is 41.4 Å². The minimum Gasteiger partial charge on any atom is -0.496 e. The molecule has 144 valence electrons. The topological polar surface area (TPSA) is 124 Å². The largest absolute Gasteiger partial charge is 0.496 e. The number of non-ortho nitro benzene ring substituents is 1. The van der Waals surface area contributed by atoms with Crippen molar-refractivity contribution in [3.05, 3.63) is 34.1 Å². The first-order valence-electron chi connectivity index (χ1n) is 7.94. The summed E-state index contributed by atoms with van der Waals surface area (Å²) in [6.45, 7) is 1.72. The number of nitro benzene ring substituents is 1. The quantitative estimate of drug-likeness (QED) is 0.601. The normalized spacial score (nSPS) is 18.6. The molecule has 2 heterocycles. The molecule has 2 N–H and O–H groups in total. The first kappa shape index (κ1) is 18.5. The molecule has 0 radical (unpaired) electrons. The summed E-state index contributed by atoms with van der Waals surface area (Å²) in [7, 11) is 1.33. The van der Waals surface area contributed by atoms with E-state index in [0.717, 1.165) is 10.7 Å². The summed E-state index contributed by atoms with van der Waals surface area (Å²) < 4.78 is 32.4. The number of carbonyl (C=O) groups is 1. The van der Waals surface area contributed by atoms with Gasteiger partial charge in [0, 0.05) is 18.2 Å². The summed E-state index contributed by atoms with van der Waals surface area (Å²) in [6, 6.07) is 2.27. The van der Waals surface area contributed by atoms with Crippen LogP contribution in [0.4, 0.5) is 26.1 Å². The fraction of sp³-hybridized carbons (Fsp3) is 0.400. The van der Waals surface area contributed by atoms with Crippen molar-refractivity contribution in [3.8, 4) is 5.75 Å². The molecule has 2 atom stereocenters. The molecule has 1 aromatic heterocycles. The van der Waals surface area contributed by atoms with Crippen LogP contribution in [0.25, 0.3) is 0 Å². The van der Waals surface area contributed by atoms with Gasteiger partial charge in [-0.3, -0.25) is 14.9 Å². The van der Waals surface area contributed by atoms with Crippen LogP contribution >= 0.6 is 0 Å². The van der Waals surface area contributed by atoms with Crippen molar-refractivity contribution in [3.63, 3.8) is 0 Å². The number of benzene rings is 1. The number of anilines is 2. The van der Waals surface area contributed by atoms with Gasteiger partial charge in [-0.15, -0.1) is 5.10 Å². The molecule has 10 nitrogen and oxygen atoms in total. The van der Waals surface area contributed by atoms with Crippen LogP contribution in [0.2, 0.25) is 0 Å². The van der Waals surface area contributed by atoms with Gasteiger partial charge in [-0.1, -0.05) is 0 Å². The third kappa shape index (κ3) is 3.78. The molecule has 1 amide bonds. The van der Waals surface area contributed by atoms with Gasteiger partial charge in [-0.2, -0.15) is 4.98 Å². The number of carbonyl (C=O) groups excluding carboxylic acids is 1. The third-order valence-corrected chi connectivity index (χ3v) is 4.01. The van der Waals surface area contributed by atoms with Crippen LogP contribution in [0.5, 0.6) is 5.75 Å². The van der Waals surface area contributed by atoms with Gasteiger partial charge in [0.05, 0.1) is 23.8 Å². The standard InChI is InChI=1S/C15H16F2N6O4/c1-7-3-11(12(16)17)22-15(18-7)20-13(21-22)14(24)19-8-4-9(23(25)26)6-10(5-8)27-2/h4-7,11-12H,3H2,1-2H3,(H,19,24)(H,18,20,21)/t7-,11-/m0/s1. The van der Waals surface area contributed by atoms with E-state index in [2.05, 4.69) is 20.7 Å². The van der Waals surface area contributed by atoms with Crippen LogP contribution in [0.15, 0.2) is 18.2 Å². The summed E-state index contributed by atoms with van der Waals surface area (Å²) in [6.07, 6.45) is -2.52. The van der Waals surface area contributed by atoms with Gasteiger partial charge >= 0.3 is 0 Å². The Balaban J connectivity index is 1.87. The van der Waals surface area contributed by atoms with E-state index >= 15 is 0 Å². The van der Waals surface area contributed by atoms with Crippen molar-refractivity contribution in [2.75, 3.05) is 17.7 Å². The number of rotatable bonds is 5. The second-order valence-electron chi connectivity index (χ2n) is 6.02. The van der Waals surface area contributed by atoms with Crippen LogP contribution in [0, 0.1) is 10.1 Å². The van der Waals surface area contributed by atoms with Gasteiger partial charge < -0.3 is 15.4 Å². The smallest absolute Gasteiger partial charge is 0.295 e. The molecule has 0 saturated heterocycles. The highest BCUT2D eigenvalue weighted by Gasteiger charge is 2.34. The van der Waals surface area contributed by atoms with E-state index in [0.29, 0.717) is 0 Å². The number of halogens is 2. The Kier molecular flexibility index (Phi) is 4.88. The number of alkyl halides is 2. The zero-order chi connectivity index (χ0) is 19.7. The van der Waals surface area contributed by atoms with E-state index in [1.54, 1.807) is 6.92 Å². The number of aromatic nitrogens is 3. The molecule has 0 bridgehead atoms. The van der Waals surface area contributed by atoms with Gasteiger partial charge in [-0.05, 0) is 13.3 Å². The number of nitro groups is 1. The number of amides is 1. The van der Waals surface area contributed by atoms with Crippen LogP contribution in [-0.4, -0.2) is 45.2 Å². The molecular formula is C15H16F2N6O4. The number of hydrogen-bond acceptors (Lipinski definition) is 7. The van der Waals surface area contributed by atoms with Crippen molar-refractivity contribution in [2.45, 2.75) is 31.9 Å². The van der Waals surface area contributed by atoms with Crippen molar-refractivity contribution in [1.82, 2.24) is 14.8 Å². The van der Waals surface area contributed by atoms with Crippen LogP contribution in [0.1, 0.15) is 30.0 Å². The molecule has 27 heavy (non-hydrogen) atoms. The van der Waals surface area contributed by atoms with Crippen molar-refractivity contribution >= 4 is 23.2 Å². The van der Waals surface area contributed by atoms with Crippen molar-refractivity contribution in [1.29, 1.82) is 0 Å². The maximum Gasteiger partial charge on any atom is 0.295 e. The Hall–Kier alpha value is -3.31. The van der Waals surface area contributed by atoms with Crippen LogP contribution < -0.4 is 15.4 Å². The minimum atomic E-state index is -2.66. The van der Waals surface area contributed by atoms with Crippen molar-refractivity contribution in [2.24, 2.45) is 0 Å². The van der Waals surface area contributed by atoms with E-state index < -0.39 is 23.3 Å². The minimum absolute atomic E-state index is 0.0702. The average molecular weight is 382 g/mol. The summed E-state index contributed by atoms with van der Waals surface area (Å²) in [5.74, 6) is -0.879. The second-order valence-corrected chi connectivity index (χ2v) is 6.02. The summed E-state index contributed by atoms with van der Waals surface area (Å²) >= 11 is 0. The summed E-state index contributed by atoms with van der Waals surface area (Å²) in [5, 5.41) is 20.1. The number of methoxy groups -OCH3 is 1. The Morgan fingerprint density at radius 2 is 2.22 bits per heavy atom. The Morgan fingerprint density at radius 3 is 2.85 bits per heavy atom. The molecule has 12 heteroatoms. The van der Waals surface area contributed by atoms with Crippen molar-refractivity contribution < 1.29 is 23.2 Å². The van der Waals surface area contributed by atoms with Gasteiger partial charge in [0.25, 0.3) is 18.0 Å². The molecule has 3 rings (SSSR count). The predicted octanol–water partition coefficient (Wildman–Crippen LogP) is 2.46. The maximum absolute atomic E-state index is 13.2. The van der Waals surface area contributed by atoms with Gasteiger partial charge in [0.2, 0.25) is 11.8 Å². The molecule has 0 saturated carbocycles. The van der Waals surface area contributed by atoms with Gasteiger partial charge in [-0.25, -0.2) is 13.5 Å². The molecule has 2 aromatic rings. The average Bonchev–Trinajstić information content (AvgIpc) is 3.04. The highest BCUT2D eigenvalue weighted by Crippen LogP contribution is 2.30. The predicted molar refractivity (Wildman–Crippen MR) is 90.4 cm³/mol. The maximum atomic E-state index is 13.2. The molecule has 1 aliphatic rings. The highest BCUT2D eigenvalue weighted by molar-refractivity contribution is 6.02. The summed E-state index contributed by atoms with van der Waals surface area (Å²) in [4.78, 5) is 26.7. The molecule has 1 aromatic carbocycles. The Morgan fingerprint density at radius 1 is 1.48 bits per heavy atom. The molecule has 1 aliphatic heterocycles. The van der Waals surface area contributed by atoms with E-state index in [1.165, 1.54) is 19.2 Å². The Bertz CT molecular complexity index is 887. The van der Waals surface area contributed by atoms with Gasteiger partial charge in [0.15, 0.2) is 0 Å². The third-order valence-electron chi connectivity index (χ3n) is 4.01. The van der Waals surface area contributed by atoms with E-state index in [9.17, 15) is 23.7 Å². The number of ether oxygens (including phenoxy) is 1. The number of fused-ring (bicyclic) bond motifs is 1. The number of nitrogens with zero attached hydrogens (tertiary/aromatic N) is 4. The van der Waals surface area contributed by atoms with E-state index in [1.807, 2.05) is 0 Å². The lowest BCUT2D eigenvalue weighted by molar-refractivity contribution is -0.384. The lowest BCUT2D eigenvalue weighted by Crippen LogP contribution is -2.33. The molecule has 0 aliphatic carbocycles. The SMILES string of the molecule is COc1cc(NC(=O)c2nc3n(n2)[C@H](C(F)F)C[C@H](C)N3)cc([N+](=O)[O-])c1. The Labute approximate surface area is 151 Å². The lowest BCUT2D eigenvalue weighted by atomic mass is 10.1. The highest BCUT2D eigenvalue weighted by atomic mass is 19.3. The number of nitrogens with one attached hydrogen (secondary N) is 2. The second kappa shape index (κ2) is 7.13. The molecule has 0 spiro atoms. The molecule has 0 unspecified atom stereocenters. The molecular weight excluding hydrogens is 366 g/mol. The zero-order valence-corrected chi connectivity index (χ0v) is 14.3. The summed E-state index contributed by atoms with van der Waals surface area (Å²) in [5.41, 5.74) is -0.194. The fourth-order valence-corrected chi connectivity index (χ4v) is 2.77. The first-order chi connectivity index (χ1) is 12.8. The zero-order valence-electron chi connectivity index (χ0n) is 14.3. The first-order valence-corrected chi connectivity index (χ1v) is 7.94. The fourth-order valence-electron chi connectivity index (χ4n) is 2.77. The van der Waals surface area contributed by atoms with Crippen LogP contribution in [0.3, 0.4) is 0 Å². The molecule has 0 fully saturated rings.